The second kappa shape index (κ2) is 5.77. The van der Waals surface area contributed by atoms with Crippen molar-refractivity contribution in [3.8, 4) is 0 Å². The van der Waals surface area contributed by atoms with E-state index in [-0.39, 0.29) is 5.69 Å². The molecule has 2 rings (SSSR count). The molecule has 2 aromatic rings. The average Bonchev–Trinajstić information content (AvgIpc) is 2.43. The van der Waals surface area contributed by atoms with Gasteiger partial charge >= 0.3 is 6.18 Å². The van der Waals surface area contributed by atoms with Gasteiger partial charge in [0, 0.05) is 22.7 Å². The van der Waals surface area contributed by atoms with E-state index in [1.54, 1.807) is 25.1 Å². The van der Waals surface area contributed by atoms with Crippen LogP contribution in [-0.2, 0) is 6.18 Å². The molecule has 0 atom stereocenters. The predicted octanol–water partition coefficient (Wildman–Crippen LogP) is 4.93. The lowest BCUT2D eigenvalue weighted by Crippen LogP contribution is -2.05. The monoisotopic (exact) mass is 313 g/mol. The normalized spacial score (nSPS) is 12.5. The van der Waals surface area contributed by atoms with E-state index in [2.05, 4.69) is 0 Å². The topological polar surface area (TPSA) is 26.1 Å². The Kier molecular flexibility index (Phi) is 4.23. The molecule has 0 heterocycles. The number of benzene rings is 2. The smallest absolute Gasteiger partial charge is 0.416 e. The van der Waals surface area contributed by atoms with E-state index in [1.165, 1.54) is 6.21 Å². The molecule has 0 radical (unpaired) electrons. The number of rotatable bonds is 2. The SMILES string of the molecule is Cc1c(Cl)cccc1C=[N+]([O-])c1ccc(C(F)(F)F)cc1. The number of hydrogen-bond acceptors (Lipinski definition) is 1. The third kappa shape index (κ3) is 3.55. The minimum Gasteiger partial charge on any atom is -0.618 e. The zero-order valence-electron chi connectivity index (χ0n) is 11.0. The van der Waals surface area contributed by atoms with Gasteiger partial charge in [0.05, 0.1) is 5.56 Å². The summed E-state index contributed by atoms with van der Waals surface area (Å²) in [6.45, 7) is 1.76. The van der Waals surface area contributed by atoms with Crippen LogP contribution in [0.25, 0.3) is 0 Å². The van der Waals surface area contributed by atoms with Crippen LogP contribution in [0.4, 0.5) is 18.9 Å². The van der Waals surface area contributed by atoms with Crippen LogP contribution in [0.15, 0.2) is 42.5 Å². The van der Waals surface area contributed by atoms with Gasteiger partial charge in [-0.1, -0.05) is 17.7 Å². The summed E-state index contributed by atoms with van der Waals surface area (Å²) < 4.78 is 37.9. The van der Waals surface area contributed by atoms with E-state index in [4.69, 9.17) is 11.6 Å². The van der Waals surface area contributed by atoms with Crippen molar-refractivity contribution in [1.29, 1.82) is 0 Å². The summed E-state index contributed by atoms with van der Waals surface area (Å²) >= 11 is 5.95. The molecule has 110 valence electrons. The molecule has 0 unspecified atom stereocenters. The van der Waals surface area contributed by atoms with Crippen molar-refractivity contribution in [2.75, 3.05) is 0 Å². The van der Waals surface area contributed by atoms with Crippen LogP contribution in [0.1, 0.15) is 16.7 Å². The Hall–Kier alpha value is -2.01. The first-order valence-electron chi connectivity index (χ1n) is 6.02. The Morgan fingerprint density at radius 3 is 2.29 bits per heavy atom. The van der Waals surface area contributed by atoms with Crippen LogP contribution in [0, 0.1) is 12.1 Å². The molecule has 0 spiro atoms. The largest absolute Gasteiger partial charge is 0.618 e. The summed E-state index contributed by atoms with van der Waals surface area (Å²) in [7, 11) is 0. The summed E-state index contributed by atoms with van der Waals surface area (Å²) in [4.78, 5) is 0. The van der Waals surface area contributed by atoms with Crippen molar-refractivity contribution in [2.24, 2.45) is 0 Å². The summed E-state index contributed by atoms with van der Waals surface area (Å²) in [5.41, 5.74) is 0.658. The third-order valence-corrected chi connectivity index (χ3v) is 3.42. The second-order valence-corrected chi connectivity index (χ2v) is 4.86. The van der Waals surface area contributed by atoms with E-state index >= 15 is 0 Å². The fourth-order valence-electron chi connectivity index (χ4n) is 1.76. The van der Waals surface area contributed by atoms with Gasteiger partial charge in [0.2, 0.25) is 5.69 Å². The molecule has 6 heteroatoms. The Bertz CT molecular complexity index is 678. The molecule has 21 heavy (non-hydrogen) atoms. The highest BCUT2D eigenvalue weighted by atomic mass is 35.5. The highest BCUT2D eigenvalue weighted by molar-refractivity contribution is 6.31. The van der Waals surface area contributed by atoms with Crippen molar-refractivity contribution >= 4 is 23.5 Å². The lowest BCUT2D eigenvalue weighted by atomic mass is 10.1. The fourth-order valence-corrected chi connectivity index (χ4v) is 1.94. The van der Waals surface area contributed by atoms with Crippen LogP contribution in [0.2, 0.25) is 5.02 Å². The molecule has 0 bridgehead atoms. The van der Waals surface area contributed by atoms with E-state index < -0.39 is 11.7 Å². The van der Waals surface area contributed by atoms with Gasteiger partial charge in [0.25, 0.3) is 0 Å². The first kappa shape index (κ1) is 15.4. The number of nitrogens with zero attached hydrogens (tertiary/aromatic N) is 1. The lowest BCUT2D eigenvalue weighted by molar-refractivity contribution is -0.354. The molecule has 2 aromatic carbocycles. The highest BCUT2D eigenvalue weighted by Crippen LogP contribution is 2.30. The first-order chi connectivity index (χ1) is 9.79. The molecule has 2 nitrogen and oxygen atoms in total. The zero-order valence-corrected chi connectivity index (χ0v) is 11.7. The Balaban J connectivity index is 2.33. The average molecular weight is 314 g/mol. The van der Waals surface area contributed by atoms with Crippen molar-refractivity contribution < 1.29 is 17.9 Å². The third-order valence-electron chi connectivity index (χ3n) is 3.02. The Labute approximate surface area is 124 Å². The van der Waals surface area contributed by atoms with Crippen LogP contribution in [0.5, 0.6) is 0 Å². The van der Waals surface area contributed by atoms with Crippen LogP contribution in [0.3, 0.4) is 0 Å². The zero-order chi connectivity index (χ0) is 15.6. The summed E-state index contributed by atoms with van der Waals surface area (Å²) in [5.74, 6) is 0. The van der Waals surface area contributed by atoms with Gasteiger partial charge in [-0.25, -0.2) is 0 Å². The van der Waals surface area contributed by atoms with E-state index in [0.717, 1.165) is 29.8 Å². The van der Waals surface area contributed by atoms with E-state index in [0.29, 0.717) is 15.3 Å². The Morgan fingerprint density at radius 2 is 1.71 bits per heavy atom. The van der Waals surface area contributed by atoms with Gasteiger partial charge in [-0.3, -0.25) is 0 Å². The van der Waals surface area contributed by atoms with Crippen LogP contribution in [-0.4, -0.2) is 11.0 Å². The summed E-state index contributed by atoms with van der Waals surface area (Å²) in [5, 5.41) is 12.5. The summed E-state index contributed by atoms with van der Waals surface area (Å²) in [6, 6.07) is 9.11. The Morgan fingerprint density at radius 1 is 1.10 bits per heavy atom. The molecule has 0 aromatic heterocycles. The van der Waals surface area contributed by atoms with Crippen molar-refractivity contribution in [3.63, 3.8) is 0 Å². The van der Waals surface area contributed by atoms with Crippen molar-refractivity contribution in [3.05, 3.63) is 69.4 Å². The van der Waals surface area contributed by atoms with Gasteiger partial charge in [-0.15, -0.1) is 0 Å². The van der Waals surface area contributed by atoms with Crippen LogP contribution >= 0.6 is 11.6 Å². The first-order valence-corrected chi connectivity index (χ1v) is 6.40. The minimum absolute atomic E-state index is 0.113. The fraction of sp³-hybridized carbons (Fsp3) is 0.133. The van der Waals surface area contributed by atoms with Gasteiger partial charge < -0.3 is 5.21 Å². The molecular formula is C15H11ClF3NO. The molecule has 0 aliphatic heterocycles. The van der Waals surface area contributed by atoms with Gasteiger partial charge in [0.15, 0.2) is 6.21 Å². The molecule has 0 N–H and O–H groups in total. The molecular weight excluding hydrogens is 303 g/mol. The molecule has 0 amide bonds. The maximum absolute atomic E-state index is 12.5. The van der Waals surface area contributed by atoms with Gasteiger partial charge in [0.1, 0.15) is 0 Å². The van der Waals surface area contributed by atoms with E-state index in [9.17, 15) is 18.4 Å². The van der Waals surface area contributed by atoms with Crippen LogP contribution < -0.4 is 0 Å². The lowest BCUT2D eigenvalue weighted by Gasteiger charge is -2.08. The van der Waals surface area contributed by atoms with Gasteiger partial charge in [-0.05, 0) is 36.8 Å². The maximum atomic E-state index is 12.5. The summed E-state index contributed by atoms with van der Waals surface area (Å²) in [6.07, 6.45) is -3.14. The maximum Gasteiger partial charge on any atom is 0.416 e. The molecule has 0 aliphatic rings. The highest BCUT2D eigenvalue weighted by Gasteiger charge is 2.30. The quantitative estimate of drug-likeness (QED) is 0.334. The number of alkyl halides is 3. The van der Waals surface area contributed by atoms with Crippen molar-refractivity contribution in [1.82, 2.24) is 0 Å². The second-order valence-electron chi connectivity index (χ2n) is 4.45. The minimum atomic E-state index is -4.42. The number of hydrogen-bond donors (Lipinski definition) is 0. The van der Waals surface area contributed by atoms with E-state index in [1.807, 2.05) is 0 Å². The predicted molar refractivity (Wildman–Crippen MR) is 76.1 cm³/mol. The standard InChI is InChI=1S/C15H11ClF3NO/c1-10-11(3-2-4-14(10)16)9-20(21)13-7-5-12(6-8-13)15(17,18)19/h2-9H,1H3. The molecule has 0 saturated carbocycles. The molecule has 0 fully saturated rings. The molecule has 0 aliphatic carbocycles. The van der Waals surface area contributed by atoms with Crippen molar-refractivity contribution in [2.45, 2.75) is 13.1 Å². The van der Waals surface area contributed by atoms with Gasteiger partial charge in [-0.2, -0.15) is 17.9 Å². The number of halogens is 4. The molecule has 0 saturated heterocycles.